The first kappa shape index (κ1) is 22.5. The van der Waals surface area contributed by atoms with Gasteiger partial charge in [-0.1, -0.05) is 0 Å². The van der Waals surface area contributed by atoms with Crippen LogP contribution in [0.3, 0.4) is 0 Å². The number of ether oxygens (including phenoxy) is 1. The Labute approximate surface area is 159 Å². The molecule has 1 rings (SSSR count). The molecule has 3 N–H and O–H groups in total. The van der Waals surface area contributed by atoms with Crippen LogP contribution >= 0.6 is 0 Å². The molecule has 1 heterocycles. The van der Waals surface area contributed by atoms with Crippen molar-refractivity contribution in [2.45, 2.75) is 65.4 Å². The average molecular weight is 370 g/mol. The molecule has 1 aliphatic heterocycles. The molecular weight excluding hydrogens is 330 g/mol. The maximum atomic E-state index is 11.6. The van der Waals surface area contributed by atoms with Crippen LogP contribution in [0.25, 0.3) is 0 Å². The van der Waals surface area contributed by atoms with E-state index in [0.29, 0.717) is 13.1 Å². The fraction of sp³-hybridized carbons (Fsp3) is 0.895. The lowest BCUT2D eigenvalue weighted by molar-refractivity contribution is 0.0527. The number of hydrogen-bond donors (Lipinski definition) is 3. The third-order valence-corrected chi connectivity index (χ3v) is 4.01. The van der Waals surface area contributed by atoms with E-state index in [1.165, 1.54) is 38.9 Å². The van der Waals surface area contributed by atoms with Gasteiger partial charge in [0.1, 0.15) is 5.60 Å². The Morgan fingerprint density at radius 2 is 1.73 bits per heavy atom. The van der Waals surface area contributed by atoms with Crippen LogP contribution in [0.15, 0.2) is 4.99 Å². The van der Waals surface area contributed by atoms with Crippen LogP contribution in [0, 0.1) is 0 Å². The van der Waals surface area contributed by atoms with Gasteiger partial charge in [0.15, 0.2) is 5.96 Å². The summed E-state index contributed by atoms with van der Waals surface area (Å²) < 4.78 is 5.20. The van der Waals surface area contributed by atoms with Gasteiger partial charge in [-0.2, -0.15) is 0 Å². The molecule has 1 saturated heterocycles. The van der Waals surface area contributed by atoms with Gasteiger partial charge in [0.05, 0.1) is 0 Å². The zero-order valence-corrected chi connectivity index (χ0v) is 17.2. The van der Waals surface area contributed by atoms with Crippen molar-refractivity contribution < 1.29 is 9.53 Å². The van der Waals surface area contributed by atoms with E-state index in [9.17, 15) is 4.79 Å². The van der Waals surface area contributed by atoms with Crippen molar-refractivity contribution in [2.75, 3.05) is 45.8 Å². The Kier molecular flexibility index (Phi) is 11.1. The highest BCUT2D eigenvalue weighted by Gasteiger charge is 2.15. The normalized spacial score (nSPS) is 15.8. The number of rotatable bonds is 10. The summed E-state index contributed by atoms with van der Waals surface area (Å²) in [6.45, 7) is 14.4. The number of nitrogens with one attached hydrogen (secondary N) is 3. The summed E-state index contributed by atoms with van der Waals surface area (Å²) >= 11 is 0. The molecule has 0 atom stereocenters. The molecule has 0 bridgehead atoms. The van der Waals surface area contributed by atoms with Crippen molar-refractivity contribution >= 4 is 12.1 Å². The molecule has 152 valence electrons. The minimum absolute atomic E-state index is 0.371. The maximum absolute atomic E-state index is 11.6. The number of unbranched alkanes of at least 4 members (excludes halogenated alkanes) is 1. The minimum Gasteiger partial charge on any atom is -0.444 e. The second-order valence-corrected chi connectivity index (χ2v) is 7.73. The minimum atomic E-state index is -0.459. The van der Waals surface area contributed by atoms with Crippen molar-refractivity contribution in [3.05, 3.63) is 0 Å². The highest BCUT2D eigenvalue weighted by atomic mass is 16.6. The number of carbonyl (C=O) groups excluding carboxylic acids is 1. The van der Waals surface area contributed by atoms with Gasteiger partial charge in [0.25, 0.3) is 0 Å². The largest absolute Gasteiger partial charge is 0.444 e. The quantitative estimate of drug-likeness (QED) is 0.313. The molecular formula is C19H39N5O2. The number of aliphatic imine (C=N–C) groups is 1. The molecule has 0 aromatic heterocycles. The smallest absolute Gasteiger partial charge is 0.407 e. The second-order valence-electron chi connectivity index (χ2n) is 7.73. The van der Waals surface area contributed by atoms with Crippen LogP contribution in [0.1, 0.15) is 59.8 Å². The van der Waals surface area contributed by atoms with Gasteiger partial charge in [-0.3, -0.25) is 4.99 Å². The fourth-order valence-corrected chi connectivity index (χ4v) is 2.79. The molecule has 0 saturated carbocycles. The molecule has 1 fully saturated rings. The maximum Gasteiger partial charge on any atom is 0.407 e. The third kappa shape index (κ3) is 12.0. The summed E-state index contributed by atoms with van der Waals surface area (Å²) in [7, 11) is 0. The summed E-state index contributed by atoms with van der Waals surface area (Å²) in [5, 5.41) is 9.40. The molecule has 0 unspecified atom stereocenters. The van der Waals surface area contributed by atoms with Crippen LogP contribution < -0.4 is 16.0 Å². The first-order valence-corrected chi connectivity index (χ1v) is 10.1. The van der Waals surface area contributed by atoms with E-state index in [0.717, 1.165) is 31.9 Å². The van der Waals surface area contributed by atoms with Crippen molar-refractivity contribution in [3.8, 4) is 0 Å². The molecule has 1 amide bonds. The van der Waals surface area contributed by atoms with Crippen molar-refractivity contribution in [1.29, 1.82) is 0 Å². The summed E-state index contributed by atoms with van der Waals surface area (Å²) in [6.07, 6.45) is 5.51. The Balaban J connectivity index is 2.10. The van der Waals surface area contributed by atoms with E-state index < -0.39 is 5.60 Å². The Morgan fingerprint density at radius 3 is 2.38 bits per heavy atom. The first-order valence-electron chi connectivity index (χ1n) is 10.1. The summed E-state index contributed by atoms with van der Waals surface area (Å²) in [5.41, 5.74) is -0.459. The van der Waals surface area contributed by atoms with Gasteiger partial charge in [0.2, 0.25) is 0 Å². The van der Waals surface area contributed by atoms with Crippen LogP contribution in [0.5, 0.6) is 0 Å². The molecule has 7 nitrogen and oxygen atoms in total. The molecule has 7 heteroatoms. The highest BCUT2D eigenvalue weighted by molar-refractivity contribution is 5.79. The third-order valence-electron chi connectivity index (χ3n) is 4.01. The average Bonchev–Trinajstić information content (AvgIpc) is 3.05. The predicted octanol–water partition coefficient (Wildman–Crippen LogP) is 2.33. The van der Waals surface area contributed by atoms with E-state index in [-0.39, 0.29) is 6.09 Å². The van der Waals surface area contributed by atoms with Crippen molar-refractivity contribution in [3.63, 3.8) is 0 Å². The number of likely N-dealkylation sites (tertiary alicyclic amines) is 1. The summed E-state index contributed by atoms with van der Waals surface area (Å²) in [6, 6.07) is 0. The summed E-state index contributed by atoms with van der Waals surface area (Å²) in [4.78, 5) is 18.7. The Hall–Kier alpha value is -1.50. The van der Waals surface area contributed by atoms with Crippen LogP contribution in [0.4, 0.5) is 4.79 Å². The fourth-order valence-electron chi connectivity index (χ4n) is 2.79. The van der Waals surface area contributed by atoms with Crippen molar-refractivity contribution in [1.82, 2.24) is 20.9 Å². The number of alkyl carbamates (subject to hydrolysis) is 1. The molecule has 0 radical (unpaired) electrons. The van der Waals surface area contributed by atoms with Gasteiger partial charge in [-0.05, 0) is 79.4 Å². The van der Waals surface area contributed by atoms with E-state index >= 15 is 0 Å². The molecule has 26 heavy (non-hydrogen) atoms. The number of carbonyl (C=O) groups is 1. The molecule has 0 aliphatic carbocycles. The topological polar surface area (TPSA) is 78.0 Å². The lowest BCUT2D eigenvalue weighted by atomic mass is 10.2. The van der Waals surface area contributed by atoms with E-state index in [1.807, 2.05) is 20.8 Å². The van der Waals surface area contributed by atoms with Gasteiger partial charge in [-0.25, -0.2) is 4.79 Å². The molecule has 0 aromatic rings. The van der Waals surface area contributed by atoms with Crippen LogP contribution in [-0.2, 0) is 4.74 Å². The van der Waals surface area contributed by atoms with Crippen molar-refractivity contribution in [2.24, 2.45) is 4.99 Å². The Bertz CT molecular complexity index is 415. The monoisotopic (exact) mass is 369 g/mol. The highest BCUT2D eigenvalue weighted by Crippen LogP contribution is 2.08. The molecule has 0 aromatic carbocycles. The molecule has 1 aliphatic rings. The van der Waals surface area contributed by atoms with Gasteiger partial charge < -0.3 is 25.6 Å². The summed E-state index contributed by atoms with van der Waals surface area (Å²) in [5.74, 6) is 0.853. The Morgan fingerprint density at radius 1 is 1.04 bits per heavy atom. The molecule has 0 spiro atoms. The van der Waals surface area contributed by atoms with Gasteiger partial charge in [-0.15, -0.1) is 0 Å². The SMILES string of the molecule is CCNC(=NCCCNC(=O)OC(C)(C)C)NCCCCN1CCCC1. The number of nitrogens with zero attached hydrogens (tertiary/aromatic N) is 2. The van der Waals surface area contributed by atoms with E-state index in [4.69, 9.17) is 4.74 Å². The van der Waals surface area contributed by atoms with Crippen LogP contribution in [0.2, 0.25) is 0 Å². The zero-order valence-electron chi connectivity index (χ0n) is 17.2. The van der Waals surface area contributed by atoms with Gasteiger partial charge in [0, 0.05) is 26.2 Å². The van der Waals surface area contributed by atoms with E-state index in [2.05, 4.69) is 32.8 Å². The van der Waals surface area contributed by atoms with Crippen LogP contribution in [-0.4, -0.2) is 68.4 Å². The number of amides is 1. The first-order chi connectivity index (χ1) is 12.4. The lowest BCUT2D eigenvalue weighted by Gasteiger charge is -2.19. The van der Waals surface area contributed by atoms with Gasteiger partial charge >= 0.3 is 6.09 Å². The van der Waals surface area contributed by atoms with E-state index in [1.54, 1.807) is 0 Å². The number of hydrogen-bond acceptors (Lipinski definition) is 4. The zero-order chi connectivity index (χ0) is 19.3. The number of guanidine groups is 1. The standard InChI is InChI=1S/C19H39N5O2/c1-5-20-17(21-11-6-7-14-24-15-8-9-16-24)22-12-10-13-23-18(25)26-19(2,3)4/h5-16H2,1-4H3,(H,23,25)(H2,20,21,22). The lowest BCUT2D eigenvalue weighted by Crippen LogP contribution is -2.38. The predicted molar refractivity (Wildman–Crippen MR) is 108 cm³/mol. The second kappa shape index (κ2) is 12.8.